The molecule has 0 saturated heterocycles. The number of rotatable bonds is 7. The Hall–Kier alpha value is -1.55. The first-order valence-electron chi connectivity index (χ1n) is 5.47. The van der Waals surface area contributed by atoms with E-state index in [0.717, 1.165) is 0 Å². The average molecular weight is 238 g/mol. The van der Waals surface area contributed by atoms with Gasteiger partial charge in [-0.25, -0.2) is 0 Å². The van der Waals surface area contributed by atoms with Crippen LogP contribution in [0.15, 0.2) is 18.2 Å². The second-order valence-electron chi connectivity index (χ2n) is 3.56. The first-order chi connectivity index (χ1) is 8.24. The summed E-state index contributed by atoms with van der Waals surface area (Å²) in [4.78, 5) is 12.1. The zero-order chi connectivity index (χ0) is 12.7. The van der Waals surface area contributed by atoms with Crippen molar-refractivity contribution in [1.82, 2.24) is 0 Å². The third kappa shape index (κ3) is 3.46. The van der Waals surface area contributed by atoms with E-state index in [0.29, 0.717) is 36.5 Å². The Morgan fingerprint density at radius 2 is 1.71 bits per heavy atom. The van der Waals surface area contributed by atoms with Crippen molar-refractivity contribution in [3.05, 3.63) is 23.8 Å². The smallest absolute Gasteiger partial charge is 0.170 e. The molecule has 4 heteroatoms. The van der Waals surface area contributed by atoms with Crippen molar-refractivity contribution in [1.29, 1.82) is 0 Å². The number of hydrogen-bond acceptors (Lipinski definition) is 4. The van der Waals surface area contributed by atoms with Gasteiger partial charge in [0, 0.05) is 20.1 Å². The minimum absolute atomic E-state index is 0.0105. The van der Waals surface area contributed by atoms with Crippen LogP contribution in [0.25, 0.3) is 0 Å². The van der Waals surface area contributed by atoms with Gasteiger partial charge in [-0.15, -0.1) is 0 Å². The summed E-state index contributed by atoms with van der Waals surface area (Å²) < 4.78 is 15.3. The third-order valence-corrected chi connectivity index (χ3v) is 2.46. The fraction of sp³-hybridized carbons (Fsp3) is 0.462. The van der Waals surface area contributed by atoms with E-state index in [4.69, 9.17) is 14.2 Å². The molecule has 0 N–H and O–H groups in total. The van der Waals surface area contributed by atoms with Crippen LogP contribution in [0.2, 0.25) is 0 Å². The highest BCUT2D eigenvalue weighted by atomic mass is 16.5. The molecule has 0 radical (unpaired) electrons. The molecule has 0 atom stereocenters. The molecule has 0 aromatic heterocycles. The first kappa shape index (κ1) is 13.5. The average Bonchev–Trinajstić information content (AvgIpc) is 2.37. The van der Waals surface area contributed by atoms with Gasteiger partial charge in [0.15, 0.2) is 5.78 Å². The maximum absolute atomic E-state index is 12.1. The van der Waals surface area contributed by atoms with Gasteiger partial charge in [0.1, 0.15) is 17.1 Å². The number of hydrogen-bond donors (Lipinski definition) is 0. The lowest BCUT2D eigenvalue weighted by atomic mass is 10.0. The van der Waals surface area contributed by atoms with E-state index in [1.54, 1.807) is 39.5 Å². The molecule has 0 aliphatic rings. The molecule has 4 nitrogen and oxygen atoms in total. The lowest BCUT2D eigenvalue weighted by Crippen LogP contribution is -2.06. The van der Waals surface area contributed by atoms with E-state index >= 15 is 0 Å². The predicted molar refractivity (Wildman–Crippen MR) is 65.0 cm³/mol. The van der Waals surface area contributed by atoms with Gasteiger partial charge >= 0.3 is 0 Å². The van der Waals surface area contributed by atoms with Crippen molar-refractivity contribution in [2.24, 2.45) is 0 Å². The second-order valence-corrected chi connectivity index (χ2v) is 3.56. The number of benzene rings is 1. The van der Waals surface area contributed by atoms with Crippen LogP contribution in [-0.2, 0) is 4.74 Å². The van der Waals surface area contributed by atoms with Gasteiger partial charge in [-0.05, 0) is 18.6 Å². The molecular formula is C13H18O4. The van der Waals surface area contributed by atoms with Crippen LogP contribution in [-0.4, -0.2) is 33.7 Å². The number of ketones is 1. The van der Waals surface area contributed by atoms with Crippen LogP contribution in [0.1, 0.15) is 23.2 Å². The van der Waals surface area contributed by atoms with Crippen molar-refractivity contribution in [2.45, 2.75) is 12.8 Å². The van der Waals surface area contributed by atoms with Crippen LogP contribution in [0.5, 0.6) is 11.5 Å². The fourth-order valence-electron chi connectivity index (χ4n) is 1.63. The molecule has 0 amide bonds. The third-order valence-electron chi connectivity index (χ3n) is 2.46. The summed E-state index contributed by atoms with van der Waals surface area (Å²) in [5.74, 6) is 1.11. The minimum atomic E-state index is 0.0105. The summed E-state index contributed by atoms with van der Waals surface area (Å²) in [6, 6.07) is 5.31. The Kier molecular flexibility index (Phi) is 5.49. The molecule has 0 aliphatic heterocycles. The van der Waals surface area contributed by atoms with Gasteiger partial charge in [-0.2, -0.15) is 0 Å². The Balaban J connectivity index is 2.89. The van der Waals surface area contributed by atoms with E-state index in [1.165, 1.54) is 0 Å². The summed E-state index contributed by atoms with van der Waals surface area (Å²) in [6.07, 6.45) is 1.11. The molecule has 0 heterocycles. The summed E-state index contributed by atoms with van der Waals surface area (Å²) in [6.45, 7) is 0.573. The van der Waals surface area contributed by atoms with E-state index in [1.807, 2.05) is 0 Å². The van der Waals surface area contributed by atoms with Crippen LogP contribution in [0, 0.1) is 0 Å². The monoisotopic (exact) mass is 238 g/mol. The summed E-state index contributed by atoms with van der Waals surface area (Å²) in [7, 11) is 4.70. The highest BCUT2D eigenvalue weighted by Crippen LogP contribution is 2.29. The molecule has 0 unspecified atom stereocenters. The fourth-order valence-corrected chi connectivity index (χ4v) is 1.63. The van der Waals surface area contributed by atoms with Crippen LogP contribution in [0.3, 0.4) is 0 Å². The first-order valence-corrected chi connectivity index (χ1v) is 5.47. The highest BCUT2D eigenvalue weighted by Gasteiger charge is 2.17. The lowest BCUT2D eigenvalue weighted by Gasteiger charge is -2.11. The predicted octanol–water partition coefficient (Wildman–Crippen LogP) is 2.31. The number of methoxy groups -OCH3 is 3. The summed E-state index contributed by atoms with van der Waals surface area (Å²) in [5, 5.41) is 0. The molecular weight excluding hydrogens is 220 g/mol. The van der Waals surface area contributed by atoms with E-state index in [-0.39, 0.29) is 5.78 Å². The van der Waals surface area contributed by atoms with E-state index in [9.17, 15) is 4.79 Å². The Labute approximate surface area is 101 Å². The molecule has 94 valence electrons. The minimum Gasteiger partial charge on any atom is -0.496 e. The summed E-state index contributed by atoms with van der Waals surface area (Å²) in [5.41, 5.74) is 0.508. The maximum atomic E-state index is 12.1. The number of carbonyl (C=O) groups excluding carboxylic acids is 1. The van der Waals surface area contributed by atoms with Gasteiger partial charge in [0.05, 0.1) is 14.2 Å². The van der Waals surface area contributed by atoms with Crippen LogP contribution >= 0.6 is 0 Å². The molecule has 0 bridgehead atoms. The molecule has 1 rings (SSSR count). The van der Waals surface area contributed by atoms with E-state index < -0.39 is 0 Å². The largest absolute Gasteiger partial charge is 0.496 e. The highest BCUT2D eigenvalue weighted by molar-refractivity contribution is 6.01. The van der Waals surface area contributed by atoms with E-state index in [2.05, 4.69) is 0 Å². The molecule has 0 spiro atoms. The van der Waals surface area contributed by atoms with Crippen molar-refractivity contribution in [3.63, 3.8) is 0 Å². The normalized spacial score (nSPS) is 10.1. The molecule has 0 aliphatic carbocycles. The zero-order valence-electron chi connectivity index (χ0n) is 10.5. The number of Topliss-reactive ketones (excluding diaryl/α,β-unsaturated/α-hetero) is 1. The Bertz CT molecular complexity index is 351. The number of carbonyl (C=O) groups is 1. The Morgan fingerprint density at radius 3 is 2.18 bits per heavy atom. The SMILES string of the molecule is COCCCC(=O)c1c(OC)cccc1OC. The van der Waals surface area contributed by atoms with Crippen LogP contribution < -0.4 is 9.47 Å². The quantitative estimate of drug-likeness (QED) is 0.540. The topological polar surface area (TPSA) is 44.8 Å². The summed E-state index contributed by atoms with van der Waals surface area (Å²) >= 11 is 0. The van der Waals surface area contributed by atoms with Gasteiger partial charge in [-0.1, -0.05) is 6.07 Å². The van der Waals surface area contributed by atoms with Crippen molar-refractivity contribution in [3.8, 4) is 11.5 Å². The van der Waals surface area contributed by atoms with Gasteiger partial charge in [0.25, 0.3) is 0 Å². The molecule has 17 heavy (non-hydrogen) atoms. The van der Waals surface area contributed by atoms with Crippen molar-refractivity contribution >= 4 is 5.78 Å². The molecule has 0 fully saturated rings. The van der Waals surface area contributed by atoms with Gasteiger partial charge in [-0.3, -0.25) is 4.79 Å². The molecule has 1 aromatic carbocycles. The second kappa shape index (κ2) is 6.91. The van der Waals surface area contributed by atoms with Crippen molar-refractivity contribution in [2.75, 3.05) is 27.9 Å². The Morgan fingerprint density at radius 1 is 1.12 bits per heavy atom. The molecule has 1 aromatic rings. The lowest BCUT2D eigenvalue weighted by molar-refractivity contribution is 0.0957. The molecule has 0 saturated carbocycles. The number of ether oxygens (including phenoxy) is 3. The maximum Gasteiger partial charge on any atom is 0.170 e. The van der Waals surface area contributed by atoms with Gasteiger partial charge < -0.3 is 14.2 Å². The van der Waals surface area contributed by atoms with Crippen LogP contribution in [0.4, 0.5) is 0 Å². The standard InChI is InChI=1S/C13H18O4/c1-15-9-5-6-10(14)13-11(16-2)7-4-8-12(13)17-3/h4,7-8H,5-6,9H2,1-3H3. The van der Waals surface area contributed by atoms with Crippen molar-refractivity contribution < 1.29 is 19.0 Å². The zero-order valence-corrected chi connectivity index (χ0v) is 10.5. The van der Waals surface area contributed by atoms with Gasteiger partial charge in [0.2, 0.25) is 0 Å².